The van der Waals surface area contributed by atoms with Crippen molar-refractivity contribution in [3.8, 4) is 22.5 Å². The van der Waals surface area contributed by atoms with Gasteiger partial charge in [0.1, 0.15) is 6.04 Å². The molecule has 0 aliphatic rings. The van der Waals surface area contributed by atoms with E-state index in [9.17, 15) is 0 Å². The Labute approximate surface area is 238 Å². The van der Waals surface area contributed by atoms with Gasteiger partial charge in [0, 0.05) is 28.9 Å². The molecule has 4 nitrogen and oxygen atoms in total. The molecule has 41 heavy (non-hydrogen) atoms. The van der Waals surface area contributed by atoms with E-state index in [0.29, 0.717) is 0 Å². The van der Waals surface area contributed by atoms with E-state index in [1.807, 2.05) is 60.7 Å². The molecule has 0 radical (unpaired) electrons. The fourth-order valence-corrected chi connectivity index (χ4v) is 5.40. The summed E-state index contributed by atoms with van der Waals surface area (Å²) in [5, 5.41) is 14.2. The van der Waals surface area contributed by atoms with Crippen molar-refractivity contribution in [1.82, 2.24) is 9.97 Å². The van der Waals surface area contributed by atoms with E-state index in [4.69, 9.17) is 15.2 Å². The predicted octanol–water partition coefficient (Wildman–Crippen LogP) is 9.99. The normalized spacial score (nSPS) is 11.5. The quantitative estimate of drug-likeness (QED) is 0.160. The second-order valence-corrected chi connectivity index (χ2v) is 9.92. The van der Waals surface area contributed by atoms with Crippen LogP contribution in [0.2, 0.25) is 0 Å². The number of nitrogens with zero attached hydrogens (tertiary/aromatic N) is 4. The number of hydrogen-bond acceptors (Lipinski definition) is 4. The Balaban J connectivity index is 1.31. The van der Waals surface area contributed by atoms with Gasteiger partial charge in [-0.05, 0) is 57.6 Å². The molecule has 0 atom stereocenters. The standard InChI is InChI=1S/C37H26N4/c1-3-10-27(11-4-1)37(28-12-5-2-6-13-28)41-40-36-19-8-15-30-29-14-7-16-32(31(29)20-21-33(30)36)35-18-9-17-34(39-35)26-22-24-38-25-23-26/h1-25,37H. The zero-order valence-corrected chi connectivity index (χ0v) is 22.3. The van der Waals surface area contributed by atoms with Crippen LogP contribution in [-0.2, 0) is 0 Å². The maximum atomic E-state index is 5.01. The van der Waals surface area contributed by atoms with Crippen LogP contribution in [0.25, 0.3) is 44.1 Å². The molecule has 0 aliphatic heterocycles. The molecular formula is C37H26N4. The molecule has 0 aliphatic carbocycles. The lowest BCUT2D eigenvalue weighted by Crippen LogP contribution is -1.96. The van der Waals surface area contributed by atoms with Crippen molar-refractivity contribution < 1.29 is 0 Å². The van der Waals surface area contributed by atoms with Crippen molar-refractivity contribution in [3.05, 3.63) is 163 Å². The van der Waals surface area contributed by atoms with Gasteiger partial charge in [-0.15, -0.1) is 0 Å². The molecule has 0 saturated heterocycles. The maximum absolute atomic E-state index is 5.01. The molecule has 0 unspecified atom stereocenters. The highest BCUT2D eigenvalue weighted by atomic mass is 15.1. The molecule has 5 aromatic carbocycles. The van der Waals surface area contributed by atoms with Gasteiger partial charge in [-0.3, -0.25) is 4.98 Å². The summed E-state index contributed by atoms with van der Waals surface area (Å²) in [6.45, 7) is 0. The van der Waals surface area contributed by atoms with E-state index in [2.05, 4.69) is 83.8 Å². The number of benzene rings is 5. The van der Waals surface area contributed by atoms with Crippen LogP contribution in [0.5, 0.6) is 0 Å². The van der Waals surface area contributed by atoms with Gasteiger partial charge in [-0.2, -0.15) is 10.2 Å². The van der Waals surface area contributed by atoms with Crippen LogP contribution in [0.4, 0.5) is 5.69 Å². The van der Waals surface area contributed by atoms with E-state index < -0.39 is 0 Å². The molecule has 0 saturated carbocycles. The molecular weight excluding hydrogens is 500 g/mol. The molecule has 2 aromatic heterocycles. The smallest absolute Gasteiger partial charge is 0.121 e. The summed E-state index contributed by atoms with van der Waals surface area (Å²) in [4.78, 5) is 9.15. The van der Waals surface area contributed by atoms with E-state index in [1.54, 1.807) is 12.4 Å². The third kappa shape index (κ3) is 4.88. The topological polar surface area (TPSA) is 50.5 Å². The molecule has 194 valence electrons. The van der Waals surface area contributed by atoms with E-state index >= 15 is 0 Å². The maximum Gasteiger partial charge on any atom is 0.121 e. The number of pyridine rings is 2. The zero-order valence-electron chi connectivity index (χ0n) is 22.3. The Morgan fingerprint density at radius 1 is 0.463 bits per heavy atom. The number of aromatic nitrogens is 2. The molecule has 0 amide bonds. The third-order valence-electron chi connectivity index (χ3n) is 7.41. The molecule has 0 bridgehead atoms. The summed E-state index contributed by atoms with van der Waals surface area (Å²) in [5.41, 5.74) is 7.08. The van der Waals surface area contributed by atoms with Gasteiger partial charge in [0.2, 0.25) is 0 Å². The average Bonchev–Trinajstić information content (AvgIpc) is 3.06. The largest absolute Gasteiger partial charge is 0.265 e. The van der Waals surface area contributed by atoms with Crippen LogP contribution in [0.1, 0.15) is 17.2 Å². The number of fused-ring (bicyclic) bond motifs is 3. The zero-order chi connectivity index (χ0) is 27.4. The number of hydrogen-bond donors (Lipinski definition) is 0. The summed E-state index contributed by atoms with van der Waals surface area (Å²) in [6.07, 6.45) is 3.59. The van der Waals surface area contributed by atoms with Crippen molar-refractivity contribution >= 4 is 27.2 Å². The van der Waals surface area contributed by atoms with E-state index in [1.165, 1.54) is 0 Å². The minimum atomic E-state index is -0.182. The van der Waals surface area contributed by atoms with Crippen molar-refractivity contribution in [2.75, 3.05) is 0 Å². The van der Waals surface area contributed by atoms with Gasteiger partial charge in [0.25, 0.3) is 0 Å². The molecule has 7 rings (SSSR count). The average molecular weight is 527 g/mol. The van der Waals surface area contributed by atoms with Crippen LogP contribution in [-0.4, -0.2) is 9.97 Å². The van der Waals surface area contributed by atoms with Gasteiger partial charge in [-0.1, -0.05) is 109 Å². The highest BCUT2D eigenvalue weighted by Gasteiger charge is 2.14. The van der Waals surface area contributed by atoms with Gasteiger partial charge in [-0.25, -0.2) is 4.98 Å². The fourth-order valence-electron chi connectivity index (χ4n) is 5.40. The number of azo groups is 1. The van der Waals surface area contributed by atoms with Crippen LogP contribution < -0.4 is 0 Å². The molecule has 7 aromatic rings. The first-order chi connectivity index (χ1) is 20.3. The highest BCUT2D eigenvalue weighted by Crippen LogP contribution is 2.37. The fraction of sp³-hybridized carbons (Fsp3) is 0.0270. The number of rotatable bonds is 6. The Morgan fingerprint density at radius 2 is 1.07 bits per heavy atom. The van der Waals surface area contributed by atoms with Crippen LogP contribution in [0.3, 0.4) is 0 Å². The first-order valence-electron chi connectivity index (χ1n) is 13.7. The van der Waals surface area contributed by atoms with Crippen molar-refractivity contribution in [1.29, 1.82) is 0 Å². The van der Waals surface area contributed by atoms with Gasteiger partial charge in [0.15, 0.2) is 0 Å². The molecule has 0 N–H and O–H groups in total. The van der Waals surface area contributed by atoms with Crippen LogP contribution >= 0.6 is 0 Å². The van der Waals surface area contributed by atoms with Gasteiger partial charge >= 0.3 is 0 Å². The van der Waals surface area contributed by atoms with Crippen LogP contribution in [0, 0.1) is 0 Å². The Bertz CT molecular complexity index is 1950. The van der Waals surface area contributed by atoms with Gasteiger partial charge in [0.05, 0.1) is 17.1 Å². The van der Waals surface area contributed by atoms with E-state index in [-0.39, 0.29) is 6.04 Å². The van der Waals surface area contributed by atoms with Crippen molar-refractivity contribution in [2.24, 2.45) is 10.2 Å². The second-order valence-electron chi connectivity index (χ2n) is 9.92. The molecule has 2 heterocycles. The lowest BCUT2D eigenvalue weighted by molar-refractivity contribution is 0.810. The van der Waals surface area contributed by atoms with Crippen molar-refractivity contribution in [2.45, 2.75) is 6.04 Å². The minimum absolute atomic E-state index is 0.182. The third-order valence-corrected chi connectivity index (χ3v) is 7.41. The molecule has 0 spiro atoms. The monoisotopic (exact) mass is 526 g/mol. The van der Waals surface area contributed by atoms with E-state index in [0.717, 1.165) is 60.9 Å². The SMILES string of the molecule is c1ccc(C(N=Nc2cccc3c2ccc2c(-c4cccc(-c5ccncc5)n4)cccc23)c2ccccc2)cc1. The summed E-state index contributed by atoms with van der Waals surface area (Å²) >= 11 is 0. The lowest BCUT2D eigenvalue weighted by Gasteiger charge is -2.13. The predicted molar refractivity (Wildman–Crippen MR) is 167 cm³/mol. The Hall–Kier alpha value is -5.48. The van der Waals surface area contributed by atoms with Crippen LogP contribution in [0.15, 0.2) is 162 Å². The summed E-state index contributed by atoms with van der Waals surface area (Å²) in [5.74, 6) is 0. The summed E-state index contributed by atoms with van der Waals surface area (Å²) < 4.78 is 0. The first kappa shape index (κ1) is 24.6. The summed E-state index contributed by atoms with van der Waals surface area (Å²) in [7, 11) is 0. The highest BCUT2D eigenvalue weighted by molar-refractivity contribution is 6.14. The van der Waals surface area contributed by atoms with Crippen molar-refractivity contribution in [3.63, 3.8) is 0 Å². The Kier molecular flexibility index (Phi) is 6.56. The lowest BCUT2D eigenvalue weighted by atomic mass is 9.96. The molecule has 4 heteroatoms. The summed E-state index contributed by atoms with van der Waals surface area (Å²) in [6, 6.07) is 47.6. The second kappa shape index (κ2) is 10.9. The first-order valence-corrected chi connectivity index (χ1v) is 13.7. The Morgan fingerprint density at radius 3 is 1.80 bits per heavy atom. The minimum Gasteiger partial charge on any atom is -0.265 e. The molecule has 0 fully saturated rings. The van der Waals surface area contributed by atoms with Gasteiger partial charge < -0.3 is 0 Å².